The molecule has 20 heavy (non-hydrogen) atoms. The van der Waals surface area contributed by atoms with Gasteiger partial charge in [-0.1, -0.05) is 26.2 Å². The van der Waals surface area contributed by atoms with Crippen molar-refractivity contribution in [3.8, 4) is 0 Å². The van der Waals surface area contributed by atoms with E-state index in [0.29, 0.717) is 17.4 Å². The third kappa shape index (κ3) is 4.56. The summed E-state index contributed by atoms with van der Waals surface area (Å²) >= 11 is 0. The van der Waals surface area contributed by atoms with E-state index in [9.17, 15) is 4.79 Å². The number of carbonyl (C=O) groups excluding carboxylic acids is 1. The number of hydrogen-bond donors (Lipinski definition) is 2. The highest BCUT2D eigenvalue weighted by Crippen LogP contribution is 2.27. The van der Waals surface area contributed by atoms with E-state index in [1.165, 1.54) is 24.3 Å². The number of hydrazine groups is 1. The van der Waals surface area contributed by atoms with Crippen molar-refractivity contribution < 1.29 is 9.53 Å². The predicted molar refractivity (Wildman–Crippen MR) is 80.1 cm³/mol. The van der Waals surface area contributed by atoms with Gasteiger partial charge in [-0.15, -0.1) is 0 Å². The lowest BCUT2D eigenvalue weighted by Gasteiger charge is -2.32. The van der Waals surface area contributed by atoms with E-state index in [1.54, 1.807) is 13.3 Å². The van der Waals surface area contributed by atoms with Crippen LogP contribution in [0.2, 0.25) is 0 Å². The first-order valence-corrected chi connectivity index (χ1v) is 7.34. The molecule has 0 saturated heterocycles. The normalized spacial score (nSPS) is 19.6. The molecule has 1 fully saturated rings. The van der Waals surface area contributed by atoms with Gasteiger partial charge in [-0.05, 0) is 31.3 Å². The molecule has 0 amide bonds. The van der Waals surface area contributed by atoms with Crippen molar-refractivity contribution in [2.75, 3.05) is 7.11 Å². The maximum atomic E-state index is 11.4. The maximum absolute atomic E-state index is 11.4. The van der Waals surface area contributed by atoms with Gasteiger partial charge < -0.3 is 20.3 Å². The molecule has 1 atom stereocenters. The van der Waals surface area contributed by atoms with Gasteiger partial charge >= 0.3 is 0 Å². The minimum absolute atomic E-state index is 0.311. The van der Waals surface area contributed by atoms with Gasteiger partial charge in [-0.2, -0.15) is 0 Å². The zero-order chi connectivity index (χ0) is 15.0. The minimum Gasteiger partial charge on any atom is -0.495 e. The van der Waals surface area contributed by atoms with Crippen molar-refractivity contribution in [2.45, 2.75) is 51.5 Å². The highest BCUT2D eigenvalue weighted by Gasteiger charge is 2.26. The summed E-state index contributed by atoms with van der Waals surface area (Å²) in [6.07, 6.45) is 10.9. The summed E-state index contributed by atoms with van der Waals surface area (Å²) in [5.74, 6) is 6.92. The number of rotatable bonds is 7. The van der Waals surface area contributed by atoms with Crippen LogP contribution in [-0.2, 0) is 9.53 Å². The highest BCUT2D eigenvalue weighted by atomic mass is 16.5. The standard InChI is InChI=1S/C15H27N3O2/c1-3-7-15(20-2)13(16)10-18(17)14(11-19)12-8-5-4-6-9-12/h7,10-12,14H,3-6,8-9,16-17H2,1-2H3/b13-10-,15-7-. The summed E-state index contributed by atoms with van der Waals surface area (Å²) in [6.45, 7) is 2.00. The molecule has 5 nitrogen and oxygen atoms in total. The van der Waals surface area contributed by atoms with Gasteiger partial charge in [0.05, 0.1) is 12.8 Å². The van der Waals surface area contributed by atoms with Crippen molar-refractivity contribution in [1.82, 2.24) is 5.01 Å². The second-order valence-corrected chi connectivity index (χ2v) is 5.24. The molecule has 0 aliphatic heterocycles. The molecule has 0 aromatic rings. The number of allylic oxidation sites excluding steroid dienone is 1. The number of hydrogen-bond acceptors (Lipinski definition) is 5. The van der Waals surface area contributed by atoms with E-state index >= 15 is 0 Å². The van der Waals surface area contributed by atoms with Crippen LogP contribution in [0, 0.1) is 5.92 Å². The second-order valence-electron chi connectivity index (χ2n) is 5.24. The number of aldehydes is 1. The molecule has 0 spiro atoms. The van der Waals surface area contributed by atoms with Gasteiger partial charge in [0.1, 0.15) is 18.1 Å². The first-order chi connectivity index (χ1) is 9.63. The van der Waals surface area contributed by atoms with Gasteiger partial charge in [0.15, 0.2) is 0 Å². The lowest BCUT2D eigenvalue weighted by molar-refractivity contribution is -0.113. The first-order valence-electron chi connectivity index (χ1n) is 7.34. The Morgan fingerprint density at radius 2 is 2.05 bits per heavy atom. The smallest absolute Gasteiger partial charge is 0.144 e. The average Bonchev–Trinajstić information content (AvgIpc) is 2.46. The van der Waals surface area contributed by atoms with Crippen LogP contribution in [0.5, 0.6) is 0 Å². The number of carbonyl (C=O) groups is 1. The third-order valence-corrected chi connectivity index (χ3v) is 3.80. The zero-order valence-electron chi connectivity index (χ0n) is 12.5. The monoisotopic (exact) mass is 281 g/mol. The Balaban J connectivity index is 2.77. The van der Waals surface area contributed by atoms with Gasteiger partial charge in [-0.3, -0.25) is 0 Å². The van der Waals surface area contributed by atoms with Gasteiger partial charge in [0.2, 0.25) is 0 Å². The van der Waals surface area contributed by atoms with Crippen LogP contribution in [-0.4, -0.2) is 24.4 Å². The lowest BCUT2D eigenvalue weighted by Crippen LogP contribution is -2.44. The summed E-state index contributed by atoms with van der Waals surface area (Å²) in [5, 5.41) is 1.43. The molecular weight excluding hydrogens is 254 g/mol. The van der Waals surface area contributed by atoms with E-state index < -0.39 is 0 Å². The van der Waals surface area contributed by atoms with Crippen molar-refractivity contribution in [3.05, 3.63) is 23.7 Å². The van der Waals surface area contributed by atoms with E-state index in [2.05, 4.69) is 0 Å². The molecule has 0 aromatic heterocycles. The molecule has 0 radical (unpaired) electrons. The third-order valence-electron chi connectivity index (χ3n) is 3.80. The zero-order valence-corrected chi connectivity index (χ0v) is 12.5. The molecule has 0 aromatic carbocycles. The Morgan fingerprint density at radius 3 is 2.55 bits per heavy atom. The Labute approximate surface area is 121 Å². The van der Waals surface area contributed by atoms with Gasteiger partial charge in [-0.25, -0.2) is 5.84 Å². The molecule has 1 aliphatic rings. The summed E-state index contributed by atoms with van der Waals surface area (Å²) in [4.78, 5) is 11.4. The fraction of sp³-hybridized carbons (Fsp3) is 0.667. The average molecular weight is 281 g/mol. The molecule has 1 rings (SSSR count). The van der Waals surface area contributed by atoms with Crippen LogP contribution in [0.15, 0.2) is 23.7 Å². The molecule has 5 heteroatoms. The summed E-state index contributed by atoms with van der Waals surface area (Å²) in [7, 11) is 1.57. The Hall–Kier alpha value is -1.49. The van der Waals surface area contributed by atoms with Crippen LogP contribution < -0.4 is 11.6 Å². The van der Waals surface area contributed by atoms with Crippen LogP contribution in [0.1, 0.15) is 45.4 Å². The van der Waals surface area contributed by atoms with Crippen molar-refractivity contribution >= 4 is 6.29 Å². The lowest BCUT2D eigenvalue weighted by atomic mass is 9.84. The molecule has 1 aliphatic carbocycles. The molecule has 114 valence electrons. The second kappa shape index (κ2) is 8.64. The van der Waals surface area contributed by atoms with Gasteiger partial charge in [0.25, 0.3) is 0 Å². The first kappa shape index (κ1) is 16.6. The van der Waals surface area contributed by atoms with E-state index in [-0.39, 0.29) is 6.04 Å². The Kier molecular flexibility index (Phi) is 7.15. The number of ether oxygens (including phenoxy) is 1. The van der Waals surface area contributed by atoms with E-state index in [0.717, 1.165) is 25.5 Å². The van der Waals surface area contributed by atoms with Crippen molar-refractivity contribution in [3.63, 3.8) is 0 Å². The van der Waals surface area contributed by atoms with Crippen LogP contribution in [0.4, 0.5) is 0 Å². The fourth-order valence-electron chi connectivity index (χ4n) is 2.72. The van der Waals surface area contributed by atoms with Crippen LogP contribution in [0.25, 0.3) is 0 Å². The molecule has 1 saturated carbocycles. The number of nitrogens with zero attached hydrogens (tertiary/aromatic N) is 1. The fourth-order valence-corrected chi connectivity index (χ4v) is 2.72. The molecular formula is C15H27N3O2. The van der Waals surface area contributed by atoms with E-state index in [1.807, 2.05) is 13.0 Å². The SMILES string of the molecule is CC/C=C(OC)/C(N)=C/N(N)C(C=O)C1CCCCC1. The van der Waals surface area contributed by atoms with Crippen LogP contribution >= 0.6 is 0 Å². The Morgan fingerprint density at radius 1 is 1.40 bits per heavy atom. The number of nitrogens with two attached hydrogens (primary N) is 2. The summed E-state index contributed by atoms with van der Waals surface area (Å²) < 4.78 is 5.21. The largest absolute Gasteiger partial charge is 0.495 e. The highest BCUT2D eigenvalue weighted by molar-refractivity contribution is 5.58. The maximum Gasteiger partial charge on any atom is 0.144 e. The molecule has 1 unspecified atom stereocenters. The predicted octanol–water partition coefficient (Wildman–Crippen LogP) is 2.05. The van der Waals surface area contributed by atoms with Crippen LogP contribution in [0.3, 0.4) is 0 Å². The van der Waals surface area contributed by atoms with Gasteiger partial charge in [0, 0.05) is 6.20 Å². The van der Waals surface area contributed by atoms with E-state index in [4.69, 9.17) is 16.3 Å². The number of methoxy groups -OCH3 is 1. The van der Waals surface area contributed by atoms with Crippen molar-refractivity contribution in [1.29, 1.82) is 0 Å². The topological polar surface area (TPSA) is 81.6 Å². The molecule has 4 N–H and O–H groups in total. The minimum atomic E-state index is -0.311. The molecule has 0 heterocycles. The quantitative estimate of drug-likeness (QED) is 0.245. The molecule has 0 bridgehead atoms. The summed E-state index contributed by atoms with van der Waals surface area (Å²) in [5.41, 5.74) is 6.41. The van der Waals surface area contributed by atoms with Crippen molar-refractivity contribution in [2.24, 2.45) is 17.5 Å². The summed E-state index contributed by atoms with van der Waals surface area (Å²) in [6, 6.07) is -0.311. The Bertz CT molecular complexity index is 360.